The van der Waals surface area contributed by atoms with E-state index in [1.54, 1.807) is 6.20 Å². The highest BCUT2D eigenvalue weighted by atomic mass is 15.3. The van der Waals surface area contributed by atoms with Crippen LogP contribution in [0.4, 0.5) is 17.5 Å². The molecule has 0 saturated carbocycles. The van der Waals surface area contributed by atoms with Crippen LogP contribution < -0.4 is 10.2 Å². The van der Waals surface area contributed by atoms with E-state index in [0.29, 0.717) is 0 Å². The first-order chi connectivity index (χ1) is 10.2. The molecule has 0 bridgehead atoms. The predicted molar refractivity (Wildman–Crippen MR) is 85.1 cm³/mol. The van der Waals surface area contributed by atoms with Gasteiger partial charge in [-0.05, 0) is 50.3 Å². The third kappa shape index (κ3) is 3.12. The van der Waals surface area contributed by atoms with Crippen LogP contribution in [-0.4, -0.2) is 28.3 Å². The second-order valence-corrected chi connectivity index (χ2v) is 5.56. The van der Waals surface area contributed by atoms with Gasteiger partial charge in [0, 0.05) is 18.8 Å². The average Bonchev–Trinajstić information content (AvgIpc) is 2.53. The SMILES string of the molecule is Cc1cccc(Nc2cnnc(N3CCCCC3)n2)c1C. The number of anilines is 3. The Morgan fingerprint density at radius 3 is 2.71 bits per heavy atom. The van der Waals surface area contributed by atoms with Crippen molar-refractivity contribution in [2.24, 2.45) is 0 Å². The maximum Gasteiger partial charge on any atom is 0.247 e. The lowest BCUT2D eigenvalue weighted by atomic mass is 10.1. The fourth-order valence-electron chi connectivity index (χ4n) is 2.61. The minimum atomic E-state index is 0.727. The maximum atomic E-state index is 4.60. The predicted octanol–water partition coefficient (Wildman–Crippen LogP) is 3.22. The van der Waals surface area contributed by atoms with E-state index in [2.05, 4.69) is 51.4 Å². The van der Waals surface area contributed by atoms with Crippen LogP contribution in [0, 0.1) is 13.8 Å². The van der Waals surface area contributed by atoms with Gasteiger partial charge in [0.05, 0.1) is 6.20 Å². The van der Waals surface area contributed by atoms with Gasteiger partial charge < -0.3 is 10.2 Å². The third-order valence-corrected chi connectivity index (χ3v) is 4.05. The zero-order chi connectivity index (χ0) is 14.7. The molecular weight excluding hydrogens is 262 g/mol. The summed E-state index contributed by atoms with van der Waals surface area (Å²) in [5.41, 5.74) is 3.56. The number of nitrogens with one attached hydrogen (secondary N) is 1. The van der Waals surface area contributed by atoms with Crippen LogP contribution in [0.3, 0.4) is 0 Å². The van der Waals surface area contributed by atoms with Crippen molar-refractivity contribution in [2.45, 2.75) is 33.1 Å². The van der Waals surface area contributed by atoms with E-state index in [0.717, 1.165) is 30.5 Å². The lowest BCUT2D eigenvalue weighted by Gasteiger charge is -2.26. The van der Waals surface area contributed by atoms with Crippen LogP contribution in [0.5, 0.6) is 0 Å². The van der Waals surface area contributed by atoms with Gasteiger partial charge in [0.2, 0.25) is 5.95 Å². The smallest absolute Gasteiger partial charge is 0.247 e. The van der Waals surface area contributed by atoms with Crippen LogP contribution in [0.1, 0.15) is 30.4 Å². The summed E-state index contributed by atoms with van der Waals surface area (Å²) < 4.78 is 0. The summed E-state index contributed by atoms with van der Waals surface area (Å²) in [5, 5.41) is 11.6. The van der Waals surface area contributed by atoms with E-state index in [4.69, 9.17) is 0 Å². The molecule has 5 heteroatoms. The molecule has 1 aromatic heterocycles. The molecule has 0 aliphatic carbocycles. The van der Waals surface area contributed by atoms with Crippen molar-refractivity contribution in [2.75, 3.05) is 23.3 Å². The molecule has 1 aliphatic heterocycles. The van der Waals surface area contributed by atoms with Gasteiger partial charge in [-0.25, -0.2) is 0 Å². The largest absolute Gasteiger partial charge is 0.339 e. The number of hydrogen-bond donors (Lipinski definition) is 1. The first-order valence-corrected chi connectivity index (χ1v) is 7.52. The van der Waals surface area contributed by atoms with Crippen molar-refractivity contribution in [1.82, 2.24) is 15.2 Å². The number of benzene rings is 1. The number of piperidine rings is 1. The minimum Gasteiger partial charge on any atom is -0.339 e. The fraction of sp³-hybridized carbons (Fsp3) is 0.438. The van der Waals surface area contributed by atoms with Crippen molar-refractivity contribution >= 4 is 17.5 Å². The summed E-state index contributed by atoms with van der Waals surface area (Å²) in [6, 6.07) is 6.22. The molecule has 0 radical (unpaired) electrons. The molecule has 0 amide bonds. The van der Waals surface area contributed by atoms with Gasteiger partial charge in [0.25, 0.3) is 0 Å². The van der Waals surface area contributed by atoms with Gasteiger partial charge in [-0.2, -0.15) is 10.1 Å². The van der Waals surface area contributed by atoms with Crippen LogP contribution in [0.15, 0.2) is 24.4 Å². The van der Waals surface area contributed by atoms with E-state index < -0.39 is 0 Å². The van der Waals surface area contributed by atoms with Gasteiger partial charge in [0.1, 0.15) is 0 Å². The number of hydrogen-bond acceptors (Lipinski definition) is 5. The Kier molecular flexibility index (Phi) is 3.99. The van der Waals surface area contributed by atoms with E-state index in [-0.39, 0.29) is 0 Å². The number of rotatable bonds is 3. The zero-order valence-electron chi connectivity index (χ0n) is 12.6. The number of aromatic nitrogens is 3. The highest BCUT2D eigenvalue weighted by molar-refractivity contribution is 5.62. The molecule has 1 aromatic carbocycles. The number of aryl methyl sites for hydroxylation is 1. The second kappa shape index (κ2) is 6.08. The molecule has 2 heterocycles. The molecule has 1 N–H and O–H groups in total. The first kappa shape index (κ1) is 13.8. The number of nitrogens with zero attached hydrogens (tertiary/aromatic N) is 4. The molecule has 2 aromatic rings. The Labute approximate surface area is 125 Å². The Balaban J connectivity index is 1.81. The monoisotopic (exact) mass is 283 g/mol. The van der Waals surface area contributed by atoms with E-state index in [9.17, 15) is 0 Å². The normalized spacial score (nSPS) is 15.0. The van der Waals surface area contributed by atoms with Gasteiger partial charge in [0.15, 0.2) is 5.82 Å². The van der Waals surface area contributed by atoms with E-state index in [1.165, 1.54) is 30.4 Å². The molecule has 5 nitrogen and oxygen atoms in total. The fourth-order valence-corrected chi connectivity index (χ4v) is 2.61. The molecule has 1 saturated heterocycles. The van der Waals surface area contributed by atoms with Crippen LogP contribution in [0.25, 0.3) is 0 Å². The Bertz CT molecular complexity index is 620. The molecule has 3 rings (SSSR count). The van der Waals surface area contributed by atoms with Gasteiger partial charge >= 0.3 is 0 Å². The summed E-state index contributed by atoms with van der Waals surface area (Å²) in [6.45, 7) is 6.26. The van der Waals surface area contributed by atoms with Crippen molar-refractivity contribution < 1.29 is 0 Å². The third-order valence-electron chi connectivity index (χ3n) is 4.05. The molecule has 110 valence electrons. The lowest BCUT2D eigenvalue weighted by molar-refractivity contribution is 0.565. The second-order valence-electron chi connectivity index (χ2n) is 5.56. The first-order valence-electron chi connectivity index (χ1n) is 7.52. The molecular formula is C16H21N5. The summed E-state index contributed by atoms with van der Waals surface area (Å²) in [6.07, 6.45) is 5.38. The molecule has 0 spiro atoms. The van der Waals surface area contributed by atoms with E-state index in [1.807, 2.05) is 6.07 Å². The van der Waals surface area contributed by atoms with Crippen molar-refractivity contribution in [3.05, 3.63) is 35.5 Å². The summed E-state index contributed by atoms with van der Waals surface area (Å²) in [4.78, 5) is 6.82. The van der Waals surface area contributed by atoms with E-state index >= 15 is 0 Å². The average molecular weight is 283 g/mol. The van der Waals surface area contributed by atoms with Gasteiger partial charge in [-0.1, -0.05) is 12.1 Å². The highest BCUT2D eigenvalue weighted by Gasteiger charge is 2.14. The molecule has 1 fully saturated rings. The Morgan fingerprint density at radius 1 is 1.10 bits per heavy atom. The van der Waals surface area contributed by atoms with Crippen molar-refractivity contribution in [1.29, 1.82) is 0 Å². The van der Waals surface area contributed by atoms with Gasteiger partial charge in [-0.3, -0.25) is 0 Å². The standard InChI is InChI=1S/C16H21N5/c1-12-7-6-8-14(13(12)2)18-15-11-17-20-16(19-15)21-9-4-3-5-10-21/h6-8,11H,3-5,9-10H2,1-2H3,(H,18,19,20). The molecule has 1 aliphatic rings. The molecule has 21 heavy (non-hydrogen) atoms. The minimum absolute atomic E-state index is 0.727. The Morgan fingerprint density at radius 2 is 1.90 bits per heavy atom. The van der Waals surface area contributed by atoms with Crippen molar-refractivity contribution in [3.63, 3.8) is 0 Å². The van der Waals surface area contributed by atoms with Crippen LogP contribution in [0.2, 0.25) is 0 Å². The van der Waals surface area contributed by atoms with Gasteiger partial charge in [-0.15, -0.1) is 5.10 Å². The summed E-state index contributed by atoms with van der Waals surface area (Å²) in [5.74, 6) is 1.48. The Hall–Kier alpha value is -2.17. The molecule has 0 unspecified atom stereocenters. The van der Waals surface area contributed by atoms with Crippen molar-refractivity contribution in [3.8, 4) is 0 Å². The molecule has 0 atom stereocenters. The summed E-state index contributed by atoms with van der Waals surface area (Å²) >= 11 is 0. The highest BCUT2D eigenvalue weighted by Crippen LogP contribution is 2.22. The van der Waals surface area contributed by atoms with Crippen LogP contribution >= 0.6 is 0 Å². The quantitative estimate of drug-likeness (QED) is 0.937. The topological polar surface area (TPSA) is 53.9 Å². The lowest BCUT2D eigenvalue weighted by Crippen LogP contribution is -2.31. The zero-order valence-corrected chi connectivity index (χ0v) is 12.6. The maximum absolute atomic E-state index is 4.60. The summed E-state index contributed by atoms with van der Waals surface area (Å²) in [7, 11) is 0. The van der Waals surface area contributed by atoms with Crippen LogP contribution in [-0.2, 0) is 0 Å².